The summed E-state index contributed by atoms with van der Waals surface area (Å²) in [4.78, 5) is 39.2. The van der Waals surface area contributed by atoms with Gasteiger partial charge in [0.25, 0.3) is 11.8 Å². The van der Waals surface area contributed by atoms with Crippen molar-refractivity contribution in [3.63, 3.8) is 0 Å². The predicted octanol–water partition coefficient (Wildman–Crippen LogP) is 4.55. The lowest BCUT2D eigenvalue weighted by Gasteiger charge is -2.20. The molecule has 1 saturated heterocycles. The summed E-state index contributed by atoms with van der Waals surface area (Å²) < 4.78 is 5.34. The summed E-state index contributed by atoms with van der Waals surface area (Å²) in [6.45, 7) is 1.39. The number of halogens is 1. The van der Waals surface area contributed by atoms with Crippen LogP contribution in [0.25, 0.3) is 0 Å². The van der Waals surface area contributed by atoms with Crippen molar-refractivity contribution >= 4 is 52.1 Å². The quantitative estimate of drug-likeness (QED) is 0.377. The number of aliphatic carboxylic acids is 1. The van der Waals surface area contributed by atoms with Crippen LogP contribution in [-0.4, -0.2) is 49.6 Å². The lowest BCUT2D eigenvalue weighted by Crippen LogP contribution is -2.26. The Morgan fingerprint density at radius 2 is 1.97 bits per heavy atom. The number of para-hydroxylation sites is 1. The molecule has 1 fully saturated rings. The Kier molecular flexibility index (Phi) is 8.12. The number of thiophene rings is 1. The van der Waals surface area contributed by atoms with Gasteiger partial charge in [0, 0.05) is 25.2 Å². The Balaban J connectivity index is 1.37. The van der Waals surface area contributed by atoms with E-state index in [4.69, 9.17) is 16.3 Å². The molecule has 0 aliphatic carbocycles. The summed E-state index contributed by atoms with van der Waals surface area (Å²) in [5.41, 5.74) is 2.45. The molecular weight excluding hydrogens is 502 g/mol. The number of hydrogen-bond acceptors (Lipinski definition) is 6. The molecule has 1 atom stereocenters. The number of nitrogens with zero attached hydrogens (tertiary/aromatic N) is 1. The number of carbonyl (C=O) groups is 3. The largest absolute Gasteiger partial charge is 0.496 e. The number of carboxylic acid groups (broad SMARTS) is 1. The first-order valence-corrected chi connectivity index (χ1v) is 12.7. The zero-order valence-electron chi connectivity index (χ0n) is 19.6. The zero-order chi connectivity index (χ0) is 25.7. The molecule has 3 aromatic rings. The topological polar surface area (TPSA) is 108 Å². The van der Waals surface area contributed by atoms with Gasteiger partial charge in [0.2, 0.25) is 0 Å². The van der Waals surface area contributed by atoms with Crippen molar-refractivity contribution in [3.05, 3.63) is 74.9 Å². The van der Waals surface area contributed by atoms with Gasteiger partial charge >= 0.3 is 5.97 Å². The number of nitrogens with one attached hydrogen (secondary N) is 2. The second-order valence-electron chi connectivity index (χ2n) is 8.37. The molecule has 1 aromatic heterocycles. The number of benzene rings is 2. The molecule has 36 heavy (non-hydrogen) atoms. The molecule has 0 saturated carbocycles. The highest BCUT2D eigenvalue weighted by Crippen LogP contribution is 2.32. The molecule has 2 aromatic carbocycles. The Bertz CT molecular complexity index is 1280. The summed E-state index contributed by atoms with van der Waals surface area (Å²) in [6.07, 6.45) is 1.16. The molecule has 1 aliphatic rings. The van der Waals surface area contributed by atoms with Crippen molar-refractivity contribution in [1.29, 1.82) is 0 Å². The van der Waals surface area contributed by atoms with Crippen LogP contribution in [0, 0.1) is 5.92 Å². The molecule has 188 valence electrons. The van der Waals surface area contributed by atoms with Gasteiger partial charge in [-0.05, 0) is 54.1 Å². The predicted molar refractivity (Wildman–Crippen MR) is 141 cm³/mol. The van der Waals surface area contributed by atoms with Gasteiger partial charge in [-0.15, -0.1) is 11.3 Å². The number of ether oxygens (including phenoxy) is 1. The van der Waals surface area contributed by atoms with E-state index in [0.29, 0.717) is 59.3 Å². The average molecular weight is 528 g/mol. The fourth-order valence-corrected chi connectivity index (χ4v) is 5.23. The third-order valence-electron chi connectivity index (χ3n) is 6.08. The molecule has 8 nitrogen and oxygen atoms in total. The van der Waals surface area contributed by atoms with E-state index in [1.54, 1.807) is 36.8 Å². The van der Waals surface area contributed by atoms with Gasteiger partial charge in [-0.2, -0.15) is 0 Å². The van der Waals surface area contributed by atoms with Crippen molar-refractivity contribution in [3.8, 4) is 5.75 Å². The van der Waals surface area contributed by atoms with E-state index in [-0.39, 0.29) is 5.91 Å². The second kappa shape index (κ2) is 11.5. The maximum Gasteiger partial charge on any atom is 0.308 e. The molecule has 0 bridgehead atoms. The Labute approximate surface area is 217 Å². The number of anilines is 2. The number of methoxy groups -OCH3 is 1. The Hall–Kier alpha value is -3.56. The van der Waals surface area contributed by atoms with Gasteiger partial charge in [0.15, 0.2) is 0 Å². The molecule has 4 rings (SSSR count). The molecule has 0 spiro atoms. The fraction of sp³-hybridized carbons (Fsp3) is 0.269. The van der Waals surface area contributed by atoms with Crippen molar-refractivity contribution in [2.45, 2.75) is 12.8 Å². The monoisotopic (exact) mass is 527 g/mol. The minimum atomic E-state index is -0.819. The van der Waals surface area contributed by atoms with Gasteiger partial charge in [-0.1, -0.05) is 29.8 Å². The molecule has 0 radical (unpaired) electrons. The van der Waals surface area contributed by atoms with E-state index in [0.717, 1.165) is 11.3 Å². The van der Waals surface area contributed by atoms with Gasteiger partial charge in [-0.25, -0.2) is 0 Å². The highest BCUT2D eigenvalue weighted by Gasteiger charge is 2.29. The Morgan fingerprint density at radius 1 is 1.17 bits per heavy atom. The van der Waals surface area contributed by atoms with Crippen molar-refractivity contribution < 1.29 is 24.2 Å². The van der Waals surface area contributed by atoms with E-state index in [9.17, 15) is 19.5 Å². The van der Waals surface area contributed by atoms with Crippen LogP contribution in [-0.2, 0) is 11.2 Å². The van der Waals surface area contributed by atoms with Gasteiger partial charge in [-0.3, -0.25) is 14.4 Å². The van der Waals surface area contributed by atoms with Gasteiger partial charge in [0.05, 0.1) is 29.4 Å². The smallest absolute Gasteiger partial charge is 0.308 e. The number of carboxylic acids is 1. The minimum Gasteiger partial charge on any atom is -0.496 e. The molecule has 2 heterocycles. The van der Waals surface area contributed by atoms with Gasteiger partial charge in [0.1, 0.15) is 10.6 Å². The molecular formula is C26H26ClN3O5S. The first-order valence-electron chi connectivity index (χ1n) is 11.4. The highest BCUT2D eigenvalue weighted by atomic mass is 35.5. The number of carbonyl (C=O) groups excluding carboxylic acids is 2. The first kappa shape index (κ1) is 25.5. The normalized spacial score (nSPS) is 14.9. The molecule has 2 amide bonds. The van der Waals surface area contributed by atoms with Crippen LogP contribution in [0.2, 0.25) is 5.02 Å². The second-order valence-corrected chi connectivity index (χ2v) is 9.69. The highest BCUT2D eigenvalue weighted by molar-refractivity contribution is 7.12. The summed E-state index contributed by atoms with van der Waals surface area (Å²) in [5, 5.41) is 17.0. The summed E-state index contributed by atoms with van der Waals surface area (Å²) in [7, 11) is 1.61. The lowest BCUT2D eigenvalue weighted by atomic mass is 10.1. The van der Waals surface area contributed by atoms with Crippen LogP contribution in [0.1, 0.15) is 32.0 Å². The van der Waals surface area contributed by atoms with E-state index in [1.807, 2.05) is 29.2 Å². The van der Waals surface area contributed by atoms with Gasteiger partial charge < -0.3 is 25.4 Å². The van der Waals surface area contributed by atoms with Crippen LogP contribution < -0.4 is 20.3 Å². The molecule has 1 aliphatic heterocycles. The van der Waals surface area contributed by atoms with Crippen molar-refractivity contribution in [2.75, 3.05) is 37.0 Å². The van der Waals surface area contributed by atoms with Crippen LogP contribution in [0.3, 0.4) is 0 Å². The first-order chi connectivity index (χ1) is 17.4. The third kappa shape index (κ3) is 5.80. The number of amides is 2. The standard InChI is InChI=1S/C26H26ClN3O5S/c1-35-22-5-3-2-4-16(22)8-11-28-25(32)23-20(10-13-36-23)29-24(31)17-6-7-21(19(27)14-17)30-12-9-18(15-30)26(33)34/h2-7,10,13-14,18H,8-9,11-12,15H2,1H3,(H,28,32)(H,29,31)(H,33,34). The lowest BCUT2D eigenvalue weighted by molar-refractivity contribution is -0.140. The third-order valence-corrected chi connectivity index (χ3v) is 7.30. The van der Waals surface area contributed by atoms with E-state index in [2.05, 4.69) is 10.6 Å². The molecule has 10 heteroatoms. The fourth-order valence-electron chi connectivity index (χ4n) is 4.16. The maximum atomic E-state index is 12.9. The van der Waals surface area contributed by atoms with Crippen molar-refractivity contribution in [2.24, 2.45) is 5.92 Å². The zero-order valence-corrected chi connectivity index (χ0v) is 21.2. The SMILES string of the molecule is COc1ccccc1CCNC(=O)c1sccc1NC(=O)c1ccc(N2CCC(C(=O)O)C2)c(Cl)c1. The van der Waals surface area contributed by atoms with E-state index >= 15 is 0 Å². The number of rotatable bonds is 9. The molecule has 3 N–H and O–H groups in total. The van der Waals surface area contributed by atoms with E-state index < -0.39 is 17.8 Å². The Morgan fingerprint density at radius 3 is 2.69 bits per heavy atom. The van der Waals surface area contributed by atoms with Crippen LogP contribution in [0.4, 0.5) is 11.4 Å². The van der Waals surface area contributed by atoms with Crippen molar-refractivity contribution in [1.82, 2.24) is 5.32 Å². The minimum absolute atomic E-state index is 0.273. The van der Waals surface area contributed by atoms with Crippen LogP contribution >= 0.6 is 22.9 Å². The van der Waals surface area contributed by atoms with Crippen LogP contribution in [0.5, 0.6) is 5.75 Å². The average Bonchev–Trinajstić information content (AvgIpc) is 3.54. The summed E-state index contributed by atoms with van der Waals surface area (Å²) in [5.74, 6) is -1.14. The van der Waals surface area contributed by atoms with Crippen LogP contribution in [0.15, 0.2) is 53.9 Å². The van der Waals surface area contributed by atoms with E-state index in [1.165, 1.54) is 11.3 Å². The molecule has 1 unspecified atom stereocenters. The summed E-state index contributed by atoms with van der Waals surface area (Å²) >= 11 is 7.68. The summed E-state index contributed by atoms with van der Waals surface area (Å²) in [6, 6.07) is 14.2. The number of hydrogen-bond donors (Lipinski definition) is 3. The maximum absolute atomic E-state index is 12.9.